The van der Waals surface area contributed by atoms with Gasteiger partial charge < -0.3 is 25.6 Å². The number of amides is 2. The van der Waals surface area contributed by atoms with Crippen molar-refractivity contribution < 1.29 is 29.3 Å². The predicted octanol–water partition coefficient (Wildman–Crippen LogP) is 2.65. The van der Waals surface area contributed by atoms with E-state index in [1.54, 1.807) is 0 Å². The van der Waals surface area contributed by atoms with Gasteiger partial charge in [-0.3, -0.25) is 4.79 Å². The van der Waals surface area contributed by atoms with Gasteiger partial charge in [0.15, 0.2) is 5.54 Å². The topological polar surface area (TPSA) is 125 Å². The van der Waals surface area contributed by atoms with Gasteiger partial charge in [0, 0.05) is 17.9 Å². The minimum atomic E-state index is -1.73. The molecule has 0 heterocycles. The van der Waals surface area contributed by atoms with Crippen molar-refractivity contribution in [3.8, 4) is 11.1 Å². The van der Waals surface area contributed by atoms with Crippen LogP contribution < -0.4 is 10.6 Å². The maximum Gasteiger partial charge on any atom is 0.407 e. The van der Waals surface area contributed by atoms with E-state index in [0.717, 1.165) is 22.3 Å². The van der Waals surface area contributed by atoms with Crippen molar-refractivity contribution in [1.82, 2.24) is 10.6 Å². The van der Waals surface area contributed by atoms with E-state index >= 15 is 0 Å². The molecule has 0 saturated heterocycles. The Labute approximate surface area is 192 Å². The second-order valence-corrected chi connectivity index (χ2v) is 8.96. The molecule has 2 aliphatic carbocycles. The monoisotopic (exact) mass is 452 g/mol. The largest absolute Gasteiger partial charge is 0.479 e. The van der Waals surface area contributed by atoms with Crippen LogP contribution in [-0.4, -0.2) is 53.0 Å². The molecule has 2 aromatic rings. The first-order chi connectivity index (χ1) is 15.8. The van der Waals surface area contributed by atoms with Crippen LogP contribution in [0, 0.1) is 5.92 Å². The number of hydrogen-bond donors (Lipinski definition) is 4. The number of aliphatic hydroxyl groups excluding tert-OH is 1. The molecule has 0 aliphatic heterocycles. The molecule has 1 fully saturated rings. The Kier molecular flexibility index (Phi) is 6.37. The molecule has 8 nitrogen and oxygen atoms in total. The molecule has 2 aromatic carbocycles. The smallest absolute Gasteiger partial charge is 0.407 e. The van der Waals surface area contributed by atoms with Crippen molar-refractivity contribution in [2.24, 2.45) is 5.92 Å². The van der Waals surface area contributed by atoms with Gasteiger partial charge in [0.25, 0.3) is 0 Å². The molecule has 3 atom stereocenters. The number of fused-ring (bicyclic) bond motifs is 3. The van der Waals surface area contributed by atoms with Gasteiger partial charge in [-0.2, -0.15) is 0 Å². The summed E-state index contributed by atoms with van der Waals surface area (Å²) >= 11 is 0. The second kappa shape index (κ2) is 9.23. The third kappa shape index (κ3) is 4.57. The van der Waals surface area contributed by atoms with E-state index in [-0.39, 0.29) is 18.6 Å². The molecule has 2 amide bonds. The number of carbonyl (C=O) groups is 3. The normalized spacial score (nSPS) is 20.9. The first kappa shape index (κ1) is 22.8. The molecule has 0 aromatic heterocycles. The molecule has 174 valence electrons. The van der Waals surface area contributed by atoms with Gasteiger partial charge in [-0.25, -0.2) is 9.59 Å². The Hall–Kier alpha value is -3.39. The van der Waals surface area contributed by atoms with Gasteiger partial charge in [0.1, 0.15) is 6.61 Å². The van der Waals surface area contributed by atoms with E-state index in [4.69, 9.17) is 4.74 Å². The Balaban J connectivity index is 1.31. The van der Waals surface area contributed by atoms with Gasteiger partial charge in [0.05, 0.1) is 6.61 Å². The zero-order valence-electron chi connectivity index (χ0n) is 18.4. The number of carbonyl (C=O) groups excluding carboxylic acids is 2. The van der Waals surface area contributed by atoms with E-state index in [2.05, 4.69) is 34.9 Å². The van der Waals surface area contributed by atoms with E-state index in [1.165, 1.54) is 6.92 Å². The molecule has 8 heteroatoms. The lowest BCUT2D eigenvalue weighted by atomic mass is 9.98. The quantitative estimate of drug-likeness (QED) is 0.512. The first-order valence-electron chi connectivity index (χ1n) is 11.1. The van der Waals surface area contributed by atoms with Crippen molar-refractivity contribution in [2.45, 2.75) is 43.7 Å². The maximum absolute atomic E-state index is 12.5. The molecule has 4 N–H and O–H groups in total. The molecule has 0 bridgehead atoms. The lowest BCUT2D eigenvalue weighted by molar-refractivity contribution is -0.149. The highest BCUT2D eigenvalue weighted by atomic mass is 16.5. The van der Waals surface area contributed by atoms with Crippen LogP contribution in [0.25, 0.3) is 11.1 Å². The van der Waals surface area contributed by atoms with Crippen LogP contribution in [0.4, 0.5) is 4.79 Å². The fraction of sp³-hybridized carbons (Fsp3) is 0.400. The van der Waals surface area contributed by atoms with Crippen LogP contribution in [0.15, 0.2) is 48.5 Å². The average molecular weight is 453 g/mol. The van der Waals surface area contributed by atoms with Crippen LogP contribution in [0.3, 0.4) is 0 Å². The average Bonchev–Trinajstić information content (AvgIpc) is 3.40. The first-order valence-corrected chi connectivity index (χ1v) is 11.1. The summed E-state index contributed by atoms with van der Waals surface area (Å²) in [7, 11) is 0. The third-order valence-electron chi connectivity index (χ3n) is 6.66. The number of hydrogen-bond acceptors (Lipinski definition) is 5. The van der Waals surface area contributed by atoms with Crippen LogP contribution in [0.5, 0.6) is 0 Å². The summed E-state index contributed by atoms with van der Waals surface area (Å²) in [5.74, 6) is -2.21. The van der Waals surface area contributed by atoms with Gasteiger partial charge >= 0.3 is 12.1 Å². The highest BCUT2D eigenvalue weighted by Crippen LogP contribution is 2.44. The summed E-state index contributed by atoms with van der Waals surface area (Å²) in [4.78, 5) is 36.2. The van der Waals surface area contributed by atoms with E-state index in [0.29, 0.717) is 19.3 Å². The number of carboxylic acid groups (broad SMARTS) is 1. The summed E-state index contributed by atoms with van der Waals surface area (Å²) in [5.41, 5.74) is 2.85. The molecule has 2 aliphatic rings. The van der Waals surface area contributed by atoms with Gasteiger partial charge in [-0.15, -0.1) is 0 Å². The van der Waals surface area contributed by atoms with E-state index < -0.39 is 36.0 Å². The standard InChI is InChI=1S/C25H28N2O6/c1-25(14-28,23(30)31)27-22(29)15-10-11-16(12-15)26-24(32)33-13-21-19-8-4-2-6-17(19)18-7-3-5-9-20(18)21/h2-9,15-16,21,28H,10-14H2,1H3,(H,26,32)(H,27,29)(H,30,31)/t15-,16+,25?/m0/s1. The Bertz CT molecular complexity index is 1020. The van der Waals surface area contributed by atoms with Crippen LogP contribution >= 0.6 is 0 Å². The van der Waals surface area contributed by atoms with Crippen molar-refractivity contribution in [3.63, 3.8) is 0 Å². The van der Waals surface area contributed by atoms with Gasteiger partial charge in [0.2, 0.25) is 5.91 Å². The zero-order chi connectivity index (χ0) is 23.6. The van der Waals surface area contributed by atoms with Gasteiger partial charge in [-0.05, 0) is 48.4 Å². The van der Waals surface area contributed by atoms with Crippen molar-refractivity contribution in [2.75, 3.05) is 13.2 Å². The molecule has 33 heavy (non-hydrogen) atoms. The predicted molar refractivity (Wildman–Crippen MR) is 121 cm³/mol. The molecule has 0 radical (unpaired) electrons. The number of ether oxygens (including phenoxy) is 1. The summed E-state index contributed by atoms with van der Waals surface area (Å²) < 4.78 is 5.57. The van der Waals surface area contributed by atoms with Crippen LogP contribution in [0.2, 0.25) is 0 Å². The van der Waals surface area contributed by atoms with E-state index in [9.17, 15) is 24.6 Å². The number of aliphatic carboxylic acids is 1. The minimum Gasteiger partial charge on any atom is -0.479 e. The lowest BCUT2D eigenvalue weighted by Gasteiger charge is -2.25. The zero-order valence-corrected chi connectivity index (χ0v) is 18.4. The highest BCUT2D eigenvalue weighted by Gasteiger charge is 2.39. The SMILES string of the molecule is CC(CO)(NC(=O)[C@H]1CC[C@@H](NC(=O)OCC2c3ccccc3-c3ccccc32)C1)C(=O)O. The molecule has 1 saturated carbocycles. The lowest BCUT2D eigenvalue weighted by Crippen LogP contribution is -2.56. The molecular weight excluding hydrogens is 424 g/mol. The number of benzene rings is 2. The number of nitrogens with one attached hydrogen (secondary N) is 2. The molecule has 4 rings (SSSR count). The number of aliphatic hydroxyl groups is 1. The summed E-state index contributed by atoms with van der Waals surface area (Å²) in [6.07, 6.45) is 0.956. The number of alkyl carbamates (subject to hydrolysis) is 1. The Morgan fingerprint density at radius 1 is 1.03 bits per heavy atom. The fourth-order valence-electron chi connectivity index (χ4n) is 4.69. The number of carboxylic acids is 1. The van der Waals surface area contributed by atoms with Crippen molar-refractivity contribution in [1.29, 1.82) is 0 Å². The minimum absolute atomic E-state index is 0.0302. The summed E-state index contributed by atoms with van der Waals surface area (Å²) in [6, 6.07) is 16.0. The Morgan fingerprint density at radius 3 is 2.21 bits per heavy atom. The van der Waals surface area contributed by atoms with Crippen LogP contribution in [0.1, 0.15) is 43.2 Å². The van der Waals surface area contributed by atoms with E-state index in [1.807, 2.05) is 24.3 Å². The Morgan fingerprint density at radius 2 is 1.64 bits per heavy atom. The maximum atomic E-state index is 12.5. The third-order valence-corrected chi connectivity index (χ3v) is 6.66. The molecular formula is C25H28N2O6. The molecule has 0 spiro atoms. The molecule has 1 unspecified atom stereocenters. The summed E-state index contributed by atoms with van der Waals surface area (Å²) in [6.45, 7) is 0.765. The second-order valence-electron chi connectivity index (χ2n) is 8.96. The van der Waals surface area contributed by atoms with Crippen molar-refractivity contribution >= 4 is 18.0 Å². The van der Waals surface area contributed by atoms with Crippen molar-refractivity contribution in [3.05, 3.63) is 59.7 Å². The van der Waals surface area contributed by atoms with Gasteiger partial charge in [-0.1, -0.05) is 48.5 Å². The van der Waals surface area contributed by atoms with Crippen LogP contribution in [-0.2, 0) is 14.3 Å². The summed E-state index contributed by atoms with van der Waals surface area (Å²) in [5, 5.41) is 23.8. The highest BCUT2D eigenvalue weighted by molar-refractivity contribution is 5.88. The number of rotatable bonds is 7. The fourth-order valence-corrected chi connectivity index (χ4v) is 4.69.